The first-order valence-electron chi connectivity index (χ1n) is 8.63. The average molecular weight is 385 g/mol. The van der Waals surface area contributed by atoms with E-state index in [4.69, 9.17) is 11.6 Å². The zero-order chi connectivity index (χ0) is 19.7. The number of carbonyl (C=O) groups is 2. The number of nitrogens with zero attached hydrogens (tertiary/aromatic N) is 2. The van der Waals surface area contributed by atoms with Crippen molar-refractivity contribution in [1.82, 2.24) is 4.90 Å². The Labute approximate surface area is 163 Å². The number of anilines is 1. The number of aliphatic hydroxyl groups excluding tert-OH is 1. The first-order chi connectivity index (χ1) is 12.8. The average Bonchev–Trinajstić information content (AvgIpc) is 2.89. The van der Waals surface area contributed by atoms with Gasteiger partial charge in [0.25, 0.3) is 11.8 Å². The third-order valence-electron chi connectivity index (χ3n) is 4.63. The Morgan fingerprint density at radius 3 is 2.33 bits per heavy atom. The highest BCUT2D eigenvalue weighted by Gasteiger charge is 2.42. The number of amides is 2. The molecule has 0 unspecified atom stereocenters. The van der Waals surface area contributed by atoms with Crippen LogP contribution in [0, 0.1) is 13.8 Å². The fourth-order valence-electron chi connectivity index (χ4n) is 3.16. The molecule has 0 atom stereocenters. The second kappa shape index (κ2) is 7.55. The molecule has 5 nitrogen and oxygen atoms in total. The maximum atomic E-state index is 13.3. The molecule has 0 saturated carbocycles. The predicted octanol–water partition coefficient (Wildman–Crippen LogP) is 3.17. The summed E-state index contributed by atoms with van der Waals surface area (Å²) in [5, 5.41) is 9.76. The van der Waals surface area contributed by atoms with E-state index in [9.17, 15) is 14.7 Å². The van der Waals surface area contributed by atoms with E-state index in [0.29, 0.717) is 21.8 Å². The Kier molecular flexibility index (Phi) is 5.35. The number of benzene rings is 2. The summed E-state index contributed by atoms with van der Waals surface area (Å²) in [5.41, 5.74) is 3.57. The molecule has 1 N–H and O–H groups in total. The number of halogens is 1. The molecule has 2 amide bonds. The van der Waals surface area contributed by atoms with E-state index in [1.165, 1.54) is 4.90 Å². The van der Waals surface area contributed by atoms with Crippen LogP contribution in [0.25, 0.3) is 5.57 Å². The van der Waals surface area contributed by atoms with Crippen LogP contribution >= 0.6 is 11.6 Å². The van der Waals surface area contributed by atoms with Crippen LogP contribution < -0.4 is 4.90 Å². The van der Waals surface area contributed by atoms with E-state index in [0.717, 1.165) is 11.1 Å². The quantitative estimate of drug-likeness (QED) is 0.804. The van der Waals surface area contributed by atoms with Crippen molar-refractivity contribution in [1.29, 1.82) is 0 Å². The van der Waals surface area contributed by atoms with Crippen molar-refractivity contribution in [3.8, 4) is 0 Å². The van der Waals surface area contributed by atoms with Crippen molar-refractivity contribution < 1.29 is 14.7 Å². The maximum Gasteiger partial charge on any atom is 0.282 e. The fourth-order valence-corrected chi connectivity index (χ4v) is 3.32. The number of carbonyl (C=O) groups excluding carboxylic acids is 2. The molecule has 3 rings (SSSR count). The van der Waals surface area contributed by atoms with Gasteiger partial charge in [0.1, 0.15) is 5.70 Å². The number of hydrogen-bond acceptors (Lipinski definition) is 4. The highest BCUT2D eigenvalue weighted by Crippen LogP contribution is 2.36. The largest absolute Gasteiger partial charge is 0.395 e. The number of aliphatic hydroxyl groups is 1. The summed E-state index contributed by atoms with van der Waals surface area (Å²) in [6, 6.07) is 12.6. The van der Waals surface area contributed by atoms with E-state index in [2.05, 4.69) is 0 Å². The van der Waals surface area contributed by atoms with Crippen LogP contribution in [0.4, 0.5) is 5.69 Å². The summed E-state index contributed by atoms with van der Waals surface area (Å²) in [6.45, 7) is 3.90. The topological polar surface area (TPSA) is 60.9 Å². The minimum absolute atomic E-state index is 0.126. The van der Waals surface area contributed by atoms with Crippen LogP contribution in [-0.2, 0) is 9.59 Å². The Hall–Kier alpha value is -2.63. The second-order valence-corrected chi connectivity index (χ2v) is 7.05. The lowest BCUT2D eigenvalue weighted by atomic mass is 10.0. The molecule has 6 heteroatoms. The van der Waals surface area contributed by atoms with E-state index in [-0.39, 0.29) is 18.8 Å². The molecule has 2 aromatic rings. The molecule has 1 aliphatic heterocycles. The standard InChI is InChI=1S/C21H21ClN2O3/c1-13-4-7-15(8-5-13)18-19(23(3)10-11-25)21(27)24(20(18)26)17-12-16(22)9-6-14(17)2/h4-9,12,25H,10-11H2,1-3H3. The molecular formula is C21H21ClN2O3. The molecule has 2 aromatic carbocycles. The van der Waals surface area contributed by atoms with Crippen LogP contribution in [0.1, 0.15) is 16.7 Å². The number of likely N-dealkylation sites (N-methyl/N-ethyl adjacent to an activating group) is 1. The van der Waals surface area contributed by atoms with Crippen molar-refractivity contribution in [2.75, 3.05) is 25.1 Å². The number of hydrogen-bond donors (Lipinski definition) is 1. The first-order valence-corrected chi connectivity index (χ1v) is 9.01. The lowest BCUT2D eigenvalue weighted by Crippen LogP contribution is -2.35. The normalized spacial score (nSPS) is 14.3. The van der Waals surface area contributed by atoms with Crippen LogP contribution in [0.5, 0.6) is 0 Å². The third kappa shape index (κ3) is 3.48. The Bertz CT molecular complexity index is 935. The van der Waals surface area contributed by atoms with E-state index >= 15 is 0 Å². The summed E-state index contributed by atoms with van der Waals surface area (Å²) in [7, 11) is 1.69. The first kappa shape index (κ1) is 19.1. The zero-order valence-corrected chi connectivity index (χ0v) is 16.2. The molecule has 0 fully saturated rings. The van der Waals surface area contributed by atoms with Crippen molar-refractivity contribution in [3.63, 3.8) is 0 Å². The highest BCUT2D eigenvalue weighted by molar-refractivity contribution is 6.45. The highest BCUT2D eigenvalue weighted by atomic mass is 35.5. The van der Waals surface area contributed by atoms with Crippen LogP contribution in [0.15, 0.2) is 48.2 Å². The predicted molar refractivity (Wildman–Crippen MR) is 106 cm³/mol. The van der Waals surface area contributed by atoms with Crippen LogP contribution in [0.2, 0.25) is 5.02 Å². The number of rotatable bonds is 5. The molecule has 140 valence electrons. The molecule has 27 heavy (non-hydrogen) atoms. The Balaban J connectivity index is 2.16. The van der Waals surface area contributed by atoms with Crippen LogP contribution in [-0.4, -0.2) is 42.0 Å². The van der Waals surface area contributed by atoms with Gasteiger partial charge in [-0.15, -0.1) is 0 Å². The van der Waals surface area contributed by atoms with Crippen molar-refractivity contribution in [3.05, 3.63) is 69.9 Å². The van der Waals surface area contributed by atoms with Gasteiger partial charge in [-0.25, -0.2) is 4.90 Å². The van der Waals surface area contributed by atoms with Gasteiger partial charge in [0.05, 0.1) is 17.9 Å². The molecule has 0 aliphatic carbocycles. The molecule has 0 bridgehead atoms. The molecule has 0 saturated heterocycles. The summed E-state index contributed by atoms with van der Waals surface area (Å²) >= 11 is 6.10. The maximum absolute atomic E-state index is 13.3. The number of imide groups is 1. The van der Waals surface area contributed by atoms with Gasteiger partial charge in [-0.3, -0.25) is 9.59 Å². The van der Waals surface area contributed by atoms with Gasteiger partial charge in [0.15, 0.2) is 0 Å². The van der Waals surface area contributed by atoms with E-state index in [1.54, 1.807) is 30.1 Å². The fraction of sp³-hybridized carbons (Fsp3) is 0.238. The van der Waals surface area contributed by atoms with Crippen LogP contribution in [0.3, 0.4) is 0 Å². The molecule has 1 heterocycles. The Morgan fingerprint density at radius 1 is 1.04 bits per heavy atom. The molecule has 0 spiro atoms. The van der Waals surface area contributed by atoms with Gasteiger partial charge >= 0.3 is 0 Å². The Morgan fingerprint density at radius 2 is 1.70 bits per heavy atom. The number of aryl methyl sites for hydroxylation is 2. The lowest BCUT2D eigenvalue weighted by molar-refractivity contribution is -0.120. The summed E-state index contributed by atoms with van der Waals surface area (Å²) in [4.78, 5) is 29.3. The lowest BCUT2D eigenvalue weighted by Gasteiger charge is -2.21. The second-order valence-electron chi connectivity index (χ2n) is 6.61. The monoisotopic (exact) mass is 384 g/mol. The smallest absolute Gasteiger partial charge is 0.282 e. The van der Waals surface area contributed by atoms with Gasteiger partial charge < -0.3 is 10.0 Å². The SMILES string of the molecule is Cc1ccc(C2=C(N(C)CCO)C(=O)N(c3cc(Cl)ccc3C)C2=O)cc1. The summed E-state index contributed by atoms with van der Waals surface area (Å²) in [6.07, 6.45) is 0. The molecule has 0 radical (unpaired) electrons. The van der Waals surface area contributed by atoms with Gasteiger partial charge in [0, 0.05) is 18.6 Å². The molecule has 1 aliphatic rings. The minimum Gasteiger partial charge on any atom is -0.395 e. The van der Waals surface area contributed by atoms with Crippen molar-refractivity contribution >= 4 is 34.7 Å². The molecule has 0 aromatic heterocycles. The third-order valence-corrected chi connectivity index (χ3v) is 4.86. The van der Waals surface area contributed by atoms with Crippen molar-refractivity contribution in [2.24, 2.45) is 0 Å². The van der Waals surface area contributed by atoms with E-state index in [1.807, 2.05) is 38.1 Å². The van der Waals surface area contributed by atoms with Gasteiger partial charge in [-0.1, -0.05) is 47.5 Å². The summed E-state index contributed by atoms with van der Waals surface area (Å²) in [5.74, 6) is -0.814. The zero-order valence-electron chi connectivity index (χ0n) is 15.5. The van der Waals surface area contributed by atoms with Crippen molar-refractivity contribution in [2.45, 2.75) is 13.8 Å². The van der Waals surface area contributed by atoms with Gasteiger partial charge in [0.2, 0.25) is 0 Å². The minimum atomic E-state index is -0.420. The van der Waals surface area contributed by atoms with E-state index < -0.39 is 11.8 Å². The van der Waals surface area contributed by atoms with Gasteiger partial charge in [-0.2, -0.15) is 0 Å². The summed E-state index contributed by atoms with van der Waals surface area (Å²) < 4.78 is 0. The molecular weight excluding hydrogens is 364 g/mol. The van der Waals surface area contributed by atoms with Gasteiger partial charge in [-0.05, 0) is 37.1 Å².